The van der Waals surface area contributed by atoms with E-state index in [0.717, 1.165) is 6.54 Å². The molecule has 0 unspecified atom stereocenters. The number of hydrogen-bond donors (Lipinski definition) is 1. The van der Waals surface area contributed by atoms with E-state index in [2.05, 4.69) is 24.0 Å². The van der Waals surface area contributed by atoms with Crippen LogP contribution in [0.15, 0.2) is 30.3 Å². The van der Waals surface area contributed by atoms with E-state index >= 15 is 0 Å². The van der Waals surface area contributed by atoms with Gasteiger partial charge in [0.1, 0.15) is 0 Å². The van der Waals surface area contributed by atoms with Gasteiger partial charge in [-0.1, -0.05) is 30.3 Å². The van der Waals surface area contributed by atoms with Gasteiger partial charge in [0.2, 0.25) is 0 Å². The summed E-state index contributed by atoms with van der Waals surface area (Å²) in [7, 11) is 0. The summed E-state index contributed by atoms with van der Waals surface area (Å²) in [6, 6.07) is 10.3. The summed E-state index contributed by atoms with van der Waals surface area (Å²) in [5.74, 6) is -0.880. The highest BCUT2D eigenvalue weighted by molar-refractivity contribution is 5.72. The number of carbonyl (C=O) groups is 1. The molecule has 0 bridgehead atoms. The van der Waals surface area contributed by atoms with Gasteiger partial charge in [-0.05, 0) is 12.5 Å². The van der Waals surface area contributed by atoms with Crippen molar-refractivity contribution in [2.75, 3.05) is 13.2 Å². The molecule has 1 aromatic rings. The monoisotopic (exact) mass is 235 g/mol. The molecule has 0 amide bonds. The van der Waals surface area contributed by atoms with Crippen molar-refractivity contribution in [1.82, 2.24) is 4.90 Å². The van der Waals surface area contributed by atoms with E-state index in [4.69, 9.17) is 9.84 Å². The van der Waals surface area contributed by atoms with Gasteiger partial charge in [0.05, 0.1) is 6.61 Å². The van der Waals surface area contributed by atoms with Crippen molar-refractivity contribution in [1.29, 1.82) is 0 Å². The molecular weight excluding hydrogens is 218 g/mol. The van der Waals surface area contributed by atoms with Gasteiger partial charge in [-0.15, -0.1) is 0 Å². The molecule has 1 aliphatic rings. The molecule has 17 heavy (non-hydrogen) atoms. The lowest BCUT2D eigenvalue weighted by Crippen LogP contribution is -2.50. The van der Waals surface area contributed by atoms with E-state index in [-0.39, 0.29) is 6.04 Å². The summed E-state index contributed by atoms with van der Waals surface area (Å²) >= 11 is 0. The number of hydrogen-bond acceptors (Lipinski definition) is 3. The van der Waals surface area contributed by atoms with Crippen LogP contribution >= 0.6 is 0 Å². The molecule has 4 heteroatoms. The maximum absolute atomic E-state index is 10.9. The van der Waals surface area contributed by atoms with Crippen molar-refractivity contribution in [2.24, 2.45) is 0 Å². The molecule has 92 valence electrons. The van der Waals surface area contributed by atoms with E-state index in [1.165, 1.54) is 5.56 Å². The summed E-state index contributed by atoms with van der Waals surface area (Å²) in [6.07, 6.45) is -0.699. The molecule has 1 saturated heterocycles. The highest BCUT2D eigenvalue weighted by atomic mass is 16.5. The molecule has 1 aliphatic heterocycles. The van der Waals surface area contributed by atoms with E-state index < -0.39 is 12.1 Å². The fraction of sp³-hybridized carbons (Fsp3) is 0.462. The Balaban J connectivity index is 2.01. The number of ether oxygens (including phenoxy) is 1. The number of carboxylic acids is 1. The molecule has 2 rings (SSSR count). The van der Waals surface area contributed by atoms with E-state index in [0.29, 0.717) is 13.2 Å². The molecule has 4 nitrogen and oxygen atoms in total. The highest BCUT2D eigenvalue weighted by Crippen LogP contribution is 2.15. The smallest absolute Gasteiger partial charge is 0.334 e. The maximum Gasteiger partial charge on any atom is 0.334 e. The number of benzene rings is 1. The summed E-state index contributed by atoms with van der Waals surface area (Å²) in [4.78, 5) is 13.1. The number of aliphatic carboxylic acids is 1. The van der Waals surface area contributed by atoms with Crippen molar-refractivity contribution < 1.29 is 14.6 Å². The molecule has 0 aromatic heterocycles. The largest absolute Gasteiger partial charge is 0.479 e. The standard InChI is InChI=1S/C13H17NO3/c1-10-9-17-12(13(15)16)8-14(10)7-11-5-3-2-4-6-11/h2-6,10,12H,7-9H2,1H3,(H,15,16)/t10-,12-/m1/s1. The first-order valence-corrected chi connectivity index (χ1v) is 5.79. The van der Waals surface area contributed by atoms with Crippen LogP contribution in [-0.4, -0.2) is 41.3 Å². The van der Waals surface area contributed by atoms with Crippen molar-refractivity contribution in [3.63, 3.8) is 0 Å². The molecule has 1 heterocycles. The molecular formula is C13H17NO3. The summed E-state index contributed by atoms with van der Waals surface area (Å²) in [5, 5.41) is 8.96. The number of carboxylic acid groups (broad SMARTS) is 1. The Morgan fingerprint density at radius 1 is 1.47 bits per heavy atom. The van der Waals surface area contributed by atoms with Gasteiger partial charge >= 0.3 is 5.97 Å². The minimum atomic E-state index is -0.880. The number of rotatable bonds is 3. The summed E-state index contributed by atoms with van der Waals surface area (Å²) < 4.78 is 5.28. The number of morpholine rings is 1. The molecule has 0 aliphatic carbocycles. The topological polar surface area (TPSA) is 49.8 Å². The lowest BCUT2D eigenvalue weighted by molar-refractivity contribution is -0.159. The molecule has 2 atom stereocenters. The van der Waals surface area contributed by atoms with Crippen molar-refractivity contribution >= 4 is 5.97 Å². The van der Waals surface area contributed by atoms with Gasteiger partial charge in [-0.25, -0.2) is 4.79 Å². The van der Waals surface area contributed by atoms with Crippen LogP contribution in [0.1, 0.15) is 12.5 Å². The van der Waals surface area contributed by atoms with E-state index in [1.54, 1.807) is 0 Å². The maximum atomic E-state index is 10.9. The van der Waals surface area contributed by atoms with Gasteiger partial charge in [0.25, 0.3) is 0 Å². The minimum absolute atomic E-state index is 0.255. The number of nitrogens with zero attached hydrogens (tertiary/aromatic N) is 1. The second-order valence-electron chi connectivity index (χ2n) is 4.42. The zero-order chi connectivity index (χ0) is 12.3. The lowest BCUT2D eigenvalue weighted by atomic mass is 10.1. The lowest BCUT2D eigenvalue weighted by Gasteiger charge is -2.36. The Hall–Kier alpha value is -1.39. The predicted octanol–water partition coefficient (Wildman–Crippen LogP) is 1.36. The zero-order valence-corrected chi connectivity index (χ0v) is 9.87. The zero-order valence-electron chi connectivity index (χ0n) is 9.87. The van der Waals surface area contributed by atoms with Crippen LogP contribution in [0.5, 0.6) is 0 Å². The predicted molar refractivity (Wildman–Crippen MR) is 63.7 cm³/mol. The van der Waals surface area contributed by atoms with Crippen LogP contribution in [-0.2, 0) is 16.1 Å². The minimum Gasteiger partial charge on any atom is -0.479 e. The Kier molecular flexibility index (Phi) is 3.76. The summed E-state index contributed by atoms with van der Waals surface area (Å²) in [6.45, 7) is 3.76. The fourth-order valence-corrected chi connectivity index (χ4v) is 1.99. The first-order valence-electron chi connectivity index (χ1n) is 5.79. The molecule has 0 radical (unpaired) electrons. The molecule has 1 aromatic carbocycles. The van der Waals surface area contributed by atoms with Gasteiger partial charge in [-0.2, -0.15) is 0 Å². The Bertz CT molecular complexity index is 380. The van der Waals surface area contributed by atoms with E-state index in [1.807, 2.05) is 18.2 Å². The SMILES string of the molecule is C[C@@H]1CO[C@@H](C(=O)O)CN1Cc1ccccc1. The third-order valence-corrected chi connectivity index (χ3v) is 3.07. The normalized spacial score (nSPS) is 25.7. The Morgan fingerprint density at radius 2 is 2.18 bits per heavy atom. The van der Waals surface area contributed by atoms with Crippen molar-refractivity contribution in [2.45, 2.75) is 25.6 Å². The van der Waals surface area contributed by atoms with Crippen molar-refractivity contribution in [3.05, 3.63) is 35.9 Å². The van der Waals surface area contributed by atoms with E-state index in [9.17, 15) is 4.79 Å². The third kappa shape index (κ3) is 3.05. The molecule has 1 fully saturated rings. The van der Waals surface area contributed by atoms with Crippen LogP contribution < -0.4 is 0 Å². The fourth-order valence-electron chi connectivity index (χ4n) is 1.99. The molecule has 0 spiro atoms. The van der Waals surface area contributed by atoms with Crippen LogP contribution in [0.2, 0.25) is 0 Å². The van der Waals surface area contributed by atoms with Gasteiger partial charge < -0.3 is 9.84 Å². The quantitative estimate of drug-likeness (QED) is 0.859. The van der Waals surface area contributed by atoms with Crippen molar-refractivity contribution in [3.8, 4) is 0 Å². The summed E-state index contributed by atoms with van der Waals surface area (Å²) in [5.41, 5.74) is 1.20. The molecule has 0 saturated carbocycles. The third-order valence-electron chi connectivity index (χ3n) is 3.07. The average Bonchev–Trinajstić information content (AvgIpc) is 2.33. The highest BCUT2D eigenvalue weighted by Gasteiger charge is 2.30. The Labute approximate surface area is 101 Å². The van der Waals surface area contributed by atoms with Gasteiger partial charge in [-0.3, -0.25) is 4.90 Å². The van der Waals surface area contributed by atoms with Crippen LogP contribution in [0, 0.1) is 0 Å². The van der Waals surface area contributed by atoms with Crippen LogP contribution in [0.25, 0.3) is 0 Å². The second-order valence-corrected chi connectivity index (χ2v) is 4.42. The average molecular weight is 235 g/mol. The Morgan fingerprint density at radius 3 is 2.82 bits per heavy atom. The second kappa shape index (κ2) is 5.29. The first kappa shape index (κ1) is 12.1. The first-order chi connectivity index (χ1) is 8.16. The van der Waals surface area contributed by atoms with Crippen LogP contribution in [0.3, 0.4) is 0 Å². The van der Waals surface area contributed by atoms with Crippen LogP contribution in [0.4, 0.5) is 0 Å². The molecule has 1 N–H and O–H groups in total. The van der Waals surface area contributed by atoms with Gasteiger partial charge in [0, 0.05) is 19.1 Å². The van der Waals surface area contributed by atoms with Gasteiger partial charge in [0.15, 0.2) is 6.10 Å².